The van der Waals surface area contributed by atoms with E-state index >= 15 is 0 Å². The molecule has 6 rings (SSSR count). The standard InChI is InChI=1S/C29H24ClN3O3/c1-16-7-12-22(17(2)15-16)33-28(35)23-24(29(33)36)26(27(34)31-20-10-8-19(30)9-11-20)32-14-13-18-5-3-4-6-21(18)25(23)32/h3-15,23-26H,1-2H3,(H,31,34)/t23-,24+,25?,26-/m0/s1. The first kappa shape index (κ1) is 22.6. The Balaban J connectivity index is 1.45. The van der Waals surface area contributed by atoms with Crippen LogP contribution in [0.15, 0.2) is 72.9 Å². The number of halogens is 1. The first-order valence-electron chi connectivity index (χ1n) is 11.9. The van der Waals surface area contributed by atoms with Crippen LogP contribution in [0.1, 0.15) is 28.3 Å². The highest BCUT2D eigenvalue weighted by atomic mass is 35.5. The van der Waals surface area contributed by atoms with Crippen molar-refractivity contribution in [3.8, 4) is 0 Å². The third-order valence-electron chi connectivity index (χ3n) is 7.44. The summed E-state index contributed by atoms with van der Waals surface area (Å²) in [6.45, 7) is 3.87. The molecule has 0 bridgehead atoms. The second-order valence-corrected chi connectivity index (χ2v) is 10.1. The van der Waals surface area contributed by atoms with Gasteiger partial charge in [0.1, 0.15) is 6.04 Å². The minimum atomic E-state index is -0.840. The summed E-state index contributed by atoms with van der Waals surface area (Å²) >= 11 is 6.00. The minimum absolute atomic E-state index is 0.265. The van der Waals surface area contributed by atoms with Gasteiger partial charge in [-0.05, 0) is 66.9 Å². The lowest BCUT2D eigenvalue weighted by Crippen LogP contribution is -2.46. The number of carbonyl (C=O) groups is 3. The molecule has 7 heteroatoms. The Labute approximate surface area is 214 Å². The van der Waals surface area contributed by atoms with Gasteiger partial charge in [0.15, 0.2) is 0 Å². The van der Waals surface area contributed by atoms with Crippen molar-refractivity contribution in [1.29, 1.82) is 0 Å². The maximum atomic E-state index is 14.0. The largest absolute Gasteiger partial charge is 0.357 e. The lowest BCUT2D eigenvalue weighted by atomic mass is 9.84. The maximum Gasteiger partial charge on any atom is 0.247 e. The summed E-state index contributed by atoms with van der Waals surface area (Å²) in [5.41, 5.74) is 4.98. The van der Waals surface area contributed by atoms with Crippen LogP contribution in [0.25, 0.3) is 6.08 Å². The molecule has 0 aliphatic carbocycles. The van der Waals surface area contributed by atoms with E-state index < -0.39 is 23.9 Å². The van der Waals surface area contributed by atoms with Crippen molar-refractivity contribution >= 4 is 46.8 Å². The molecule has 0 radical (unpaired) electrons. The zero-order valence-corrected chi connectivity index (χ0v) is 20.6. The van der Waals surface area contributed by atoms with E-state index in [9.17, 15) is 14.4 Å². The fourth-order valence-electron chi connectivity index (χ4n) is 5.90. The lowest BCUT2D eigenvalue weighted by Gasteiger charge is -2.35. The van der Waals surface area contributed by atoms with E-state index in [1.165, 1.54) is 4.90 Å². The minimum Gasteiger partial charge on any atom is -0.357 e. The van der Waals surface area contributed by atoms with Crippen LogP contribution in [0.3, 0.4) is 0 Å². The van der Waals surface area contributed by atoms with Gasteiger partial charge >= 0.3 is 0 Å². The van der Waals surface area contributed by atoms with Gasteiger partial charge in [0.25, 0.3) is 0 Å². The number of nitrogens with zero attached hydrogens (tertiary/aromatic N) is 2. The Kier molecular flexibility index (Phi) is 5.23. The normalized spacial score (nSPS) is 24.0. The number of benzene rings is 3. The number of anilines is 2. The average molecular weight is 498 g/mol. The summed E-state index contributed by atoms with van der Waals surface area (Å²) in [5.74, 6) is -2.42. The number of hydrogen-bond donors (Lipinski definition) is 1. The second-order valence-electron chi connectivity index (χ2n) is 9.63. The topological polar surface area (TPSA) is 69.7 Å². The number of hydrogen-bond acceptors (Lipinski definition) is 4. The van der Waals surface area contributed by atoms with Gasteiger partial charge in [0.2, 0.25) is 17.7 Å². The molecule has 3 heterocycles. The van der Waals surface area contributed by atoms with Crippen LogP contribution in [0.4, 0.5) is 11.4 Å². The van der Waals surface area contributed by atoms with E-state index in [-0.39, 0.29) is 17.7 Å². The molecule has 180 valence electrons. The first-order valence-corrected chi connectivity index (χ1v) is 12.3. The molecule has 3 aromatic carbocycles. The summed E-state index contributed by atoms with van der Waals surface area (Å²) in [4.78, 5) is 44.8. The van der Waals surface area contributed by atoms with Crippen molar-refractivity contribution in [3.05, 3.63) is 100 Å². The van der Waals surface area contributed by atoms with Gasteiger partial charge in [-0.15, -0.1) is 0 Å². The van der Waals surface area contributed by atoms with Gasteiger partial charge < -0.3 is 10.2 Å². The highest BCUT2D eigenvalue weighted by Gasteiger charge is 2.64. The van der Waals surface area contributed by atoms with Crippen molar-refractivity contribution < 1.29 is 14.4 Å². The molecule has 4 atom stereocenters. The molecular formula is C29H24ClN3O3. The number of aryl methyl sites for hydroxylation is 2. The zero-order chi connectivity index (χ0) is 25.1. The Bertz CT molecular complexity index is 1450. The van der Waals surface area contributed by atoms with Gasteiger partial charge in [0, 0.05) is 16.9 Å². The molecule has 3 amide bonds. The third-order valence-corrected chi connectivity index (χ3v) is 7.69. The third kappa shape index (κ3) is 3.36. The van der Waals surface area contributed by atoms with Crippen molar-refractivity contribution in [2.75, 3.05) is 10.2 Å². The molecule has 3 aromatic rings. The summed E-state index contributed by atoms with van der Waals surface area (Å²) in [7, 11) is 0. The Morgan fingerprint density at radius 1 is 0.917 bits per heavy atom. The molecule has 36 heavy (non-hydrogen) atoms. The van der Waals surface area contributed by atoms with Crippen LogP contribution in [0.2, 0.25) is 5.02 Å². The predicted molar refractivity (Wildman–Crippen MR) is 139 cm³/mol. The SMILES string of the molecule is Cc1ccc(N2C(=O)[C@@H]3[C@H](C2=O)C2c4ccccc4C=CN2[C@@H]3C(=O)Nc2ccc(Cl)cc2)c(C)c1. The quantitative estimate of drug-likeness (QED) is 0.510. The van der Waals surface area contributed by atoms with Gasteiger partial charge in [-0.1, -0.05) is 53.6 Å². The van der Waals surface area contributed by atoms with E-state index in [1.54, 1.807) is 24.3 Å². The fraction of sp³-hybridized carbons (Fsp3) is 0.207. The molecule has 2 fully saturated rings. The van der Waals surface area contributed by atoms with Crippen LogP contribution in [0.5, 0.6) is 0 Å². The van der Waals surface area contributed by atoms with E-state index in [2.05, 4.69) is 5.32 Å². The summed E-state index contributed by atoms with van der Waals surface area (Å²) in [6, 6.07) is 19.1. The average Bonchev–Trinajstić information content (AvgIpc) is 3.34. The zero-order valence-electron chi connectivity index (χ0n) is 19.8. The number of imide groups is 1. The number of fused-ring (bicyclic) bond motifs is 5. The van der Waals surface area contributed by atoms with Crippen molar-refractivity contribution in [2.45, 2.75) is 25.9 Å². The van der Waals surface area contributed by atoms with Gasteiger partial charge in [-0.25, -0.2) is 4.90 Å². The molecule has 0 aromatic heterocycles. The summed E-state index contributed by atoms with van der Waals surface area (Å²) in [6.07, 6.45) is 3.78. The molecule has 3 aliphatic rings. The number of carbonyl (C=O) groups excluding carboxylic acids is 3. The van der Waals surface area contributed by atoms with E-state index in [0.29, 0.717) is 16.4 Å². The van der Waals surface area contributed by atoms with Crippen molar-refractivity contribution in [1.82, 2.24) is 4.90 Å². The lowest BCUT2D eigenvalue weighted by molar-refractivity contribution is -0.128. The second kappa shape index (κ2) is 8.35. The molecule has 1 N–H and O–H groups in total. The van der Waals surface area contributed by atoms with Crippen LogP contribution < -0.4 is 10.2 Å². The molecule has 0 saturated carbocycles. The van der Waals surface area contributed by atoms with E-state index in [4.69, 9.17) is 11.6 Å². The molecule has 6 nitrogen and oxygen atoms in total. The number of amides is 3. The van der Waals surface area contributed by atoms with Crippen LogP contribution in [-0.4, -0.2) is 28.7 Å². The monoisotopic (exact) mass is 497 g/mol. The Hall–Kier alpha value is -3.90. The van der Waals surface area contributed by atoms with E-state index in [1.807, 2.05) is 73.5 Å². The van der Waals surface area contributed by atoms with E-state index in [0.717, 1.165) is 22.3 Å². The van der Waals surface area contributed by atoms with Gasteiger partial charge in [-0.2, -0.15) is 0 Å². The molecule has 2 saturated heterocycles. The molecule has 3 aliphatic heterocycles. The fourth-order valence-corrected chi connectivity index (χ4v) is 6.03. The van der Waals surface area contributed by atoms with Crippen molar-refractivity contribution in [3.63, 3.8) is 0 Å². The van der Waals surface area contributed by atoms with Crippen LogP contribution in [-0.2, 0) is 14.4 Å². The Morgan fingerprint density at radius 3 is 2.39 bits per heavy atom. The first-order chi connectivity index (χ1) is 17.3. The highest BCUT2D eigenvalue weighted by Crippen LogP contribution is 2.53. The Morgan fingerprint density at radius 2 is 1.64 bits per heavy atom. The summed E-state index contributed by atoms with van der Waals surface area (Å²) < 4.78 is 0. The van der Waals surface area contributed by atoms with Gasteiger partial charge in [-0.3, -0.25) is 14.4 Å². The maximum absolute atomic E-state index is 14.0. The van der Waals surface area contributed by atoms with Crippen molar-refractivity contribution in [2.24, 2.45) is 11.8 Å². The summed E-state index contributed by atoms with van der Waals surface area (Å²) in [5, 5.41) is 3.49. The van der Waals surface area contributed by atoms with Gasteiger partial charge in [0.05, 0.1) is 23.6 Å². The molecule has 1 unspecified atom stereocenters. The van der Waals surface area contributed by atoms with Crippen LogP contribution in [0, 0.1) is 25.7 Å². The molecular weight excluding hydrogens is 474 g/mol. The number of rotatable bonds is 3. The highest BCUT2D eigenvalue weighted by molar-refractivity contribution is 6.30. The van der Waals surface area contributed by atoms with Crippen LogP contribution >= 0.6 is 11.6 Å². The smallest absolute Gasteiger partial charge is 0.247 e. The molecule has 0 spiro atoms. The predicted octanol–water partition coefficient (Wildman–Crippen LogP) is 5.11. The number of nitrogens with one attached hydrogen (secondary N) is 1.